The summed E-state index contributed by atoms with van der Waals surface area (Å²) in [6, 6.07) is 81.0. The largest absolute Gasteiger partial charge is 0.309 e. The molecule has 0 atom stereocenters. The van der Waals surface area contributed by atoms with E-state index in [2.05, 4.69) is 222 Å². The highest BCUT2D eigenvalue weighted by Crippen LogP contribution is 2.57. The molecule has 15 rings (SSSR count). The lowest BCUT2D eigenvalue weighted by molar-refractivity contribution is 1.23. The van der Waals surface area contributed by atoms with E-state index in [-0.39, 0.29) is 0 Å². The first-order valence-electron chi connectivity index (χ1n) is 23.2. The van der Waals surface area contributed by atoms with Crippen molar-refractivity contribution in [2.75, 3.05) is 4.90 Å². The van der Waals surface area contributed by atoms with E-state index in [0.29, 0.717) is 0 Å². The van der Waals surface area contributed by atoms with E-state index in [0.717, 1.165) is 17.1 Å². The minimum absolute atomic E-state index is 1.00. The maximum absolute atomic E-state index is 4.64. The molecule has 0 bridgehead atoms. The van der Waals surface area contributed by atoms with Crippen molar-refractivity contribution in [3.05, 3.63) is 231 Å². The second-order valence-electron chi connectivity index (χ2n) is 18.1. The van der Waals surface area contributed by atoms with E-state index < -0.39 is 0 Å². The molecule has 2 heteroatoms. The zero-order valence-electron chi connectivity index (χ0n) is 36.3. The zero-order chi connectivity index (χ0) is 43.7. The Hall–Kier alpha value is -8.85. The molecule has 0 aliphatic heterocycles. The van der Waals surface area contributed by atoms with Gasteiger partial charge >= 0.3 is 0 Å². The number of rotatable bonds is 5. The zero-order valence-corrected chi connectivity index (χ0v) is 36.3. The summed E-state index contributed by atoms with van der Waals surface area (Å²) in [7, 11) is 0. The molecule has 2 aliphatic rings. The second-order valence-corrected chi connectivity index (χ2v) is 18.1. The van der Waals surface area contributed by atoms with Crippen molar-refractivity contribution in [3.63, 3.8) is 0 Å². The lowest BCUT2D eigenvalue weighted by atomic mass is 9.90. The van der Waals surface area contributed by atoms with Gasteiger partial charge in [-0.3, -0.25) is 4.98 Å². The molecular weight excluding hydrogens is 809 g/mol. The van der Waals surface area contributed by atoms with Crippen LogP contribution in [0.3, 0.4) is 0 Å². The van der Waals surface area contributed by atoms with Gasteiger partial charge in [-0.25, -0.2) is 0 Å². The van der Waals surface area contributed by atoms with Gasteiger partial charge in [0.1, 0.15) is 0 Å². The van der Waals surface area contributed by atoms with Crippen LogP contribution in [0, 0.1) is 0 Å². The monoisotopic (exact) mass is 846 g/mol. The number of benzene rings is 12. The first-order valence-corrected chi connectivity index (χ1v) is 23.2. The lowest BCUT2D eigenvalue weighted by Crippen LogP contribution is -2.10. The Bertz CT molecular complexity index is 3880. The van der Waals surface area contributed by atoms with Gasteiger partial charge in [-0.1, -0.05) is 182 Å². The fourth-order valence-corrected chi connectivity index (χ4v) is 12.1. The molecule has 308 valence electrons. The third-order valence-electron chi connectivity index (χ3n) is 14.8. The Labute approximate surface area is 387 Å². The number of fused-ring (bicyclic) bond motifs is 16. The summed E-state index contributed by atoms with van der Waals surface area (Å²) in [5.41, 5.74) is 18.5. The van der Waals surface area contributed by atoms with E-state index in [1.807, 2.05) is 18.5 Å². The van der Waals surface area contributed by atoms with E-state index in [1.165, 1.54) is 131 Å². The van der Waals surface area contributed by atoms with Crippen LogP contribution in [0.1, 0.15) is 0 Å². The van der Waals surface area contributed by atoms with Crippen molar-refractivity contribution in [1.82, 2.24) is 4.98 Å². The van der Waals surface area contributed by atoms with E-state index in [4.69, 9.17) is 0 Å². The van der Waals surface area contributed by atoms with Gasteiger partial charge in [-0.15, -0.1) is 0 Å². The van der Waals surface area contributed by atoms with Gasteiger partial charge in [0, 0.05) is 17.6 Å². The van der Waals surface area contributed by atoms with Gasteiger partial charge in [-0.2, -0.15) is 0 Å². The highest BCUT2D eigenvalue weighted by atomic mass is 15.1. The lowest BCUT2D eigenvalue weighted by Gasteiger charge is -2.26. The van der Waals surface area contributed by atoms with Gasteiger partial charge in [0.2, 0.25) is 0 Å². The average Bonchev–Trinajstić information content (AvgIpc) is 3.93. The minimum atomic E-state index is 1.00. The summed E-state index contributed by atoms with van der Waals surface area (Å²) in [4.78, 5) is 6.99. The van der Waals surface area contributed by atoms with Crippen LogP contribution in [0.4, 0.5) is 17.1 Å². The summed E-state index contributed by atoms with van der Waals surface area (Å²) >= 11 is 0. The normalized spacial score (nSPS) is 12.2. The topological polar surface area (TPSA) is 16.1 Å². The fourth-order valence-electron chi connectivity index (χ4n) is 12.1. The molecule has 67 heavy (non-hydrogen) atoms. The highest BCUT2D eigenvalue weighted by molar-refractivity contribution is 6.33. The molecule has 1 aromatic heterocycles. The number of aromatic nitrogens is 1. The summed E-state index contributed by atoms with van der Waals surface area (Å²) in [6.07, 6.45) is 3.82. The maximum Gasteiger partial charge on any atom is 0.0644 e. The molecule has 0 amide bonds. The number of hydrogen-bond acceptors (Lipinski definition) is 2. The molecule has 0 fully saturated rings. The quantitative estimate of drug-likeness (QED) is 0.160. The summed E-state index contributed by atoms with van der Waals surface area (Å²) < 4.78 is 0. The molecule has 2 aliphatic carbocycles. The van der Waals surface area contributed by atoms with Gasteiger partial charge in [0.25, 0.3) is 0 Å². The van der Waals surface area contributed by atoms with Crippen LogP contribution in [0.15, 0.2) is 231 Å². The Balaban J connectivity index is 0.880. The first-order chi connectivity index (χ1) is 33.3. The number of anilines is 3. The minimum Gasteiger partial charge on any atom is -0.309 e. The molecule has 1 heterocycles. The molecule has 0 saturated carbocycles. The van der Waals surface area contributed by atoms with E-state index in [1.54, 1.807) is 0 Å². The fraction of sp³-hybridized carbons (Fsp3) is 0. The van der Waals surface area contributed by atoms with Crippen molar-refractivity contribution in [2.45, 2.75) is 0 Å². The predicted octanol–water partition coefficient (Wildman–Crippen LogP) is 18.1. The summed E-state index contributed by atoms with van der Waals surface area (Å²) in [5, 5.41) is 15.6. The Morgan fingerprint density at radius 1 is 0.254 bits per heavy atom. The summed E-state index contributed by atoms with van der Waals surface area (Å²) in [5.74, 6) is 0. The molecule has 0 unspecified atom stereocenters. The van der Waals surface area contributed by atoms with Gasteiger partial charge in [-0.05, 0) is 168 Å². The Morgan fingerprint density at radius 2 is 0.597 bits per heavy atom. The van der Waals surface area contributed by atoms with E-state index in [9.17, 15) is 0 Å². The van der Waals surface area contributed by atoms with Crippen LogP contribution in [0.2, 0.25) is 0 Å². The van der Waals surface area contributed by atoms with Gasteiger partial charge in [0.05, 0.1) is 11.9 Å². The van der Waals surface area contributed by atoms with Crippen molar-refractivity contribution in [2.24, 2.45) is 0 Å². The summed E-state index contributed by atoms with van der Waals surface area (Å²) in [6.45, 7) is 0. The molecule has 0 saturated heterocycles. The second kappa shape index (κ2) is 13.8. The van der Waals surface area contributed by atoms with Crippen LogP contribution >= 0.6 is 0 Å². The molecule has 0 radical (unpaired) electrons. The van der Waals surface area contributed by atoms with Crippen molar-refractivity contribution in [1.29, 1.82) is 0 Å². The van der Waals surface area contributed by atoms with Crippen LogP contribution in [-0.4, -0.2) is 4.98 Å². The van der Waals surface area contributed by atoms with E-state index >= 15 is 0 Å². The van der Waals surface area contributed by atoms with Gasteiger partial charge in [0.15, 0.2) is 0 Å². The smallest absolute Gasteiger partial charge is 0.0644 e. The maximum atomic E-state index is 4.64. The van der Waals surface area contributed by atoms with Crippen LogP contribution < -0.4 is 4.90 Å². The predicted molar refractivity (Wildman–Crippen MR) is 284 cm³/mol. The van der Waals surface area contributed by atoms with Crippen LogP contribution in [0.25, 0.3) is 131 Å². The van der Waals surface area contributed by atoms with Crippen molar-refractivity contribution in [3.8, 4) is 66.8 Å². The molecule has 2 nitrogen and oxygen atoms in total. The number of pyridine rings is 1. The molecule has 0 spiro atoms. The number of nitrogens with zero attached hydrogens (tertiary/aromatic N) is 2. The molecule has 13 aromatic rings. The first kappa shape index (κ1) is 36.5. The van der Waals surface area contributed by atoms with Crippen LogP contribution in [-0.2, 0) is 0 Å². The highest BCUT2D eigenvalue weighted by Gasteiger charge is 2.29. The average molecular weight is 847 g/mol. The third kappa shape index (κ3) is 5.07. The van der Waals surface area contributed by atoms with Crippen LogP contribution in [0.5, 0.6) is 0 Å². The SMILES string of the molecule is c1cncc(N(c2cccc(-c3ccc4c5c(cccc35)-c3c-4c4ccccc4c4ccccc34)c2)c2cccc(-c3ccc4c5c(cccc35)-c3c-4c4ccccc4c4ccccc34)c2)c1. The van der Waals surface area contributed by atoms with Gasteiger partial charge < -0.3 is 4.90 Å². The number of hydrogen-bond donors (Lipinski definition) is 0. The molecular formula is C65H38N2. The van der Waals surface area contributed by atoms with Crippen molar-refractivity contribution < 1.29 is 0 Å². The van der Waals surface area contributed by atoms with Crippen molar-refractivity contribution >= 4 is 81.7 Å². The third-order valence-corrected chi connectivity index (χ3v) is 14.8. The Kier molecular flexibility index (Phi) is 7.53. The Morgan fingerprint density at radius 3 is 1.00 bits per heavy atom. The molecule has 0 N–H and O–H groups in total. The standard InChI is InChI=1S/C65H38N2/c1-5-23-52-46(19-1)48-21-3-7-25-54(48)64-58-33-31-44(50-27-11-29-56(60(50)58)62(52)64)39-14-9-16-41(36-39)67(43-18-13-35-66-38-43)42-17-10-15-40(37-42)45-32-34-59-61-51(45)28-12-30-57(61)63-53-24-6-2-20-47(53)49-22-4-8-26-55(49)65(59)63/h1-38H. The molecule has 12 aromatic carbocycles.